The van der Waals surface area contributed by atoms with E-state index in [9.17, 15) is 9.18 Å². The van der Waals surface area contributed by atoms with E-state index >= 15 is 0 Å². The number of halogens is 1. The molecule has 24 heavy (non-hydrogen) atoms. The lowest BCUT2D eigenvalue weighted by atomic mass is 10.1. The maximum Gasteiger partial charge on any atom is 0.226 e. The number of anilines is 1. The van der Waals surface area contributed by atoms with Crippen LogP contribution in [0, 0.1) is 11.7 Å². The van der Waals surface area contributed by atoms with Gasteiger partial charge in [-0.25, -0.2) is 4.39 Å². The van der Waals surface area contributed by atoms with Crippen molar-refractivity contribution in [3.8, 4) is 0 Å². The van der Waals surface area contributed by atoms with Gasteiger partial charge in [0.1, 0.15) is 5.82 Å². The van der Waals surface area contributed by atoms with E-state index < -0.39 is 0 Å². The lowest BCUT2D eigenvalue weighted by Gasteiger charge is -2.36. The van der Waals surface area contributed by atoms with Crippen molar-refractivity contribution in [2.45, 2.75) is 12.3 Å². The van der Waals surface area contributed by atoms with E-state index in [2.05, 4.69) is 9.88 Å². The van der Waals surface area contributed by atoms with Gasteiger partial charge in [0.15, 0.2) is 0 Å². The number of nitrogens with zero attached hydrogens (tertiary/aromatic N) is 3. The number of rotatable bonds is 3. The van der Waals surface area contributed by atoms with E-state index in [0.29, 0.717) is 0 Å². The Balaban J connectivity index is 1.33. The van der Waals surface area contributed by atoms with Crippen molar-refractivity contribution in [3.05, 3.63) is 60.2 Å². The molecule has 2 atom stereocenters. The van der Waals surface area contributed by atoms with E-state index in [4.69, 9.17) is 0 Å². The van der Waals surface area contributed by atoms with E-state index in [1.165, 1.54) is 12.1 Å². The van der Waals surface area contributed by atoms with Crippen LogP contribution in [0.15, 0.2) is 48.8 Å². The van der Waals surface area contributed by atoms with Gasteiger partial charge in [0.2, 0.25) is 5.91 Å². The summed E-state index contributed by atoms with van der Waals surface area (Å²) in [6.07, 6.45) is 4.48. The van der Waals surface area contributed by atoms with Crippen molar-refractivity contribution in [3.63, 3.8) is 0 Å². The monoisotopic (exact) mass is 325 g/mol. The van der Waals surface area contributed by atoms with Gasteiger partial charge in [0.25, 0.3) is 0 Å². The second-order valence-corrected chi connectivity index (χ2v) is 6.52. The maximum absolute atomic E-state index is 13.0. The molecule has 4 rings (SSSR count). The number of piperazine rings is 1. The van der Waals surface area contributed by atoms with Gasteiger partial charge in [0, 0.05) is 50.2 Å². The van der Waals surface area contributed by atoms with Crippen LogP contribution in [-0.2, 0) is 4.79 Å². The predicted octanol–water partition coefficient (Wildman–Crippen LogP) is 2.67. The fourth-order valence-corrected chi connectivity index (χ4v) is 3.52. The second-order valence-electron chi connectivity index (χ2n) is 6.52. The van der Waals surface area contributed by atoms with Gasteiger partial charge in [-0.15, -0.1) is 0 Å². The third-order valence-corrected chi connectivity index (χ3v) is 5.03. The van der Waals surface area contributed by atoms with Crippen molar-refractivity contribution in [1.82, 2.24) is 9.88 Å². The Morgan fingerprint density at radius 1 is 1.00 bits per heavy atom. The molecule has 124 valence electrons. The number of carbonyl (C=O) groups excluding carboxylic acids is 1. The van der Waals surface area contributed by atoms with Gasteiger partial charge in [-0.1, -0.05) is 12.1 Å². The standard InChI is InChI=1S/C19H20FN3O/c20-15-3-1-14(2-4-15)17-13-18(17)19(24)23-11-9-22(10-12-23)16-5-7-21-8-6-16/h1-8,17-18H,9-13H2/t17-,18-/m1/s1. The van der Waals surface area contributed by atoms with E-state index in [1.54, 1.807) is 24.5 Å². The molecule has 2 aliphatic rings. The summed E-state index contributed by atoms with van der Waals surface area (Å²) < 4.78 is 13.0. The first-order valence-electron chi connectivity index (χ1n) is 8.41. The van der Waals surface area contributed by atoms with Crippen molar-refractivity contribution in [2.24, 2.45) is 5.92 Å². The minimum Gasteiger partial charge on any atom is -0.368 e. The Bertz CT molecular complexity index is 711. The second kappa shape index (κ2) is 6.23. The molecule has 0 N–H and O–H groups in total. The summed E-state index contributed by atoms with van der Waals surface area (Å²) in [5.74, 6) is 0.354. The quantitative estimate of drug-likeness (QED) is 0.870. The summed E-state index contributed by atoms with van der Waals surface area (Å²) in [7, 11) is 0. The number of benzene rings is 1. The van der Waals surface area contributed by atoms with Crippen LogP contribution in [0.2, 0.25) is 0 Å². The van der Waals surface area contributed by atoms with Gasteiger partial charge in [0.05, 0.1) is 0 Å². The average Bonchev–Trinajstić information content (AvgIpc) is 3.43. The van der Waals surface area contributed by atoms with E-state index in [1.807, 2.05) is 17.0 Å². The van der Waals surface area contributed by atoms with Crippen molar-refractivity contribution in [2.75, 3.05) is 31.1 Å². The third-order valence-electron chi connectivity index (χ3n) is 5.03. The highest BCUT2D eigenvalue weighted by molar-refractivity contribution is 5.83. The number of hydrogen-bond donors (Lipinski definition) is 0. The molecule has 1 amide bonds. The summed E-state index contributed by atoms with van der Waals surface area (Å²) in [5.41, 5.74) is 2.23. The first kappa shape index (κ1) is 15.1. The first-order valence-corrected chi connectivity index (χ1v) is 8.41. The molecule has 2 aromatic rings. The van der Waals surface area contributed by atoms with Crippen LogP contribution in [0.4, 0.5) is 10.1 Å². The lowest BCUT2D eigenvalue weighted by molar-refractivity contribution is -0.132. The number of carbonyl (C=O) groups is 1. The molecule has 1 saturated heterocycles. The Labute approximate surface area is 140 Å². The van der Waals surface area contributed by atoms with Crippen LogP contribution in [0.1, 0.15) is 17.9 Å². The fourth-order valence-electron chi connectivity index (χ4n) is 3.52. The number of hydrogen-bond acceptors (Lipinski definition) is 3. The average molecular weight is 325 g/mol. The molecule has 0 spiro atoms. The summed E-state index contributed by atoms with van der Waals surface area (Å²) in [6, 6.07) is 10.6. The lowest BCUT2D eigenvalue weighted by Crippen LogP contribution is -2.49. The van der Waals surface area contributed by atoms with Crippen LogP contribution in [0.5, 0.6) is 0 Å². The topological polar surface area (TPSA) is 36.4 Å². The molecule has 1 saturated carbocycles. The van der Waals surface area contributed by atoms with Crippen molar-refractivity contribution >= 4 is 11.6 Å². The first-order chi connectivity index (χ1) is 11.7. The summed E-state index contributed by atoms with van der Waals surface area (Å²) in [4.78, 5) is 21.0. The molecule has 1 aromatic carbocycles. The van der Waals surface area contributed by atoms with Crippen LogP contribution < -0.4 is 4.90 Å². The normalized spacial score (nSPS) is 23.2. The minimum atomic E-state index is -0.227. The number of pyridine rings is 1. The highest BCUT2D eigenvalue weighted by Crippen LogP contribution is 2.48. The SMILES string of the molecule is O=C([C@@H]1C[C@@H]1c1ccc(F)cc1)N1CCN(c2ccncc2)CC1. The minimum absolute atomic E-state index is 0.0722. The molecule has 1 aliphatic heterocycles. The Kier molecular flexibility index (Phi) is 3.92. The Morgan fingerprint density at radius 2 is 1.67 bits per heavy atom. The zero-order valence-electron chi connectivity index (χ0n) is 13.4. The molecular formula is C19H20FN3O. The Hall–Kier alpha value is -2.43. The molecule has 5 heteroatoms. The predicted molar refractivity (Wildman–Crippen MR) is 90.3 cm³/mol. The van der Waals surface area contributed by atoms with Gasteiger partial charge in [-0.2, -0.15) is 0 Å². The molecule has 1 aliphatic carbocycles. The largest absolute Gasteiger partial charge is 0.368 e. The summed E-state index contributed by atoms with van der Waals surface area (Å²) in [6.45, 7) is 3.22. The zero-order valence-corrected chi connectivity index (χ0v) is 13.4. The molecule has 0 unspecified atom stereocenters. The van der Waals surface area contributed by atoms with Gasteiger partial charge >= 0.3 is 0 Å². The highest BCUT2D eigenvalue weighted by atomic mass is 19.1. The molecule has 2 heterocycles. The van der Waals surface area contributed by atoms with E-state index in [-0.39, 0.29) is 23.6 Å². The fraction of sp³-hybridized carbons (Fsp3) is 0.368. The van der Waals surface area contributed by atoms with E-state index in [0.717, 1.165) is 43.9 Å². The van der Waals surface area contributed by atoms with Gasteiger partial charge < -0.3 is 9.80 Å². The van der Waals surface area contributed by atoms with Crippen LogP contribution >= 0.6 is 0 Å². The summed E-state index contributed by atoms with van der Waals surface area (Å²) >= 11 is 0. The number of aromatic nitrogens is 1. The molecule has 1 aromatic heterocycles. The van der Waals surface area contributed by atoms with Crippen LogP contribution in [0.25, 0.3) is 0 Å². The smallest absolute Gasteiger partial charge is 0.226 e. The highest BCUT2D eigenvalue weighted by Gasteiger charge is 2.46. The molecule has 0 radical (unpaired) electrons. The zero-order chi connectivity index (χ0) is 16.5. The van der Waals surface area contributed by atoms with Crippen molar-refractivity contribution in [1.29, 1.82) is 0 Å². The third kappa shape index (κ3) is 2.98. The summed E-state index contributed by atoms with van der Waals surface area (Å²) in [5, 5.41) is 0. The molecule has 2 fully saturated rings. The Morgan fingerprint density at radius 3 is 2.33 bits per heavy atom. The molecule has 0 bridgehead atoms. The van der Waals surface area contributed by atoms with Gasteiger partial charge in [-0.3, -0.25) is 9.78 Å². The molecular weight excluding hydrogens is 305 g/mol. The van der Waals surface area contributed by atoms with Crippen LogP contribution in [0.3, 0.4) is 0 Å². The van der Waals surface area contributed by atoms with Crippen LogP contribution in [-0.4, -0.2) is 42.0 Å². The number of amides is 1. The van der Waals surface area contributed by atoms with Gasteiger partial charge in [-0.05, 0) is 42.2 Å². The van der Waals surface area contributed by atoms with Crippen molar-refractivity contribution < 1.29 is 9.18 Å². The molecule has 4 nitrogen and oxygen atoms in total. The maximum atomic E-state index is 13.0.